The fraction of sp³-hybridized carbons (Fsp3) is 0.533. The number of esters is 1. The minimum absolute atomic E-state index is 0.0364. The average molecular weight is 312 g/mol. The quantitative estimate of drug-likeness (QED) is 0.775. The van der Waals surface area contributed by atoms with Crippen molar-refractivity contribution in [2.75, 3.05) is 25.2 Å². The molecule has 6 heteroatoms. The first-order chi connectivity index (χ1) is 9.93. The van der Waals surface area contributed by atoms with Crippen LogP contribution in [0.1, 0.15) is 24.8 Å². The highest BCUT2D eigenvalue weighted by Gasteiger charge is 2.29. The molecular weight excluding hydrogens is 292 g/mol. The molecule has 0 fully saturated rings. The number of para-hydroxylation sites is 1. The van der Waals surface area contributed by atoms with Crippen molar-refractivity contribution in [2.45, 2.75) is 19.3 Å². The summed E-state index contributed by atoms with van der Waals surface area (Å²) < 4.78 is 34.7. The van der Waals surface area contributed by atoms with Crippen LogP contribution < -0.4 is 4.74 Å². The summed E-state index contributed by atoms with van der Waals surface area (Å²) in [6, 6.07) is 7.50. The van der Waals surface area contributed by atoms with Crippen molar-refractivity contribution in [2.24, 2.45) is 5.92 Å². The molecule has 5 nitrogen and oxygen atoms in total. The number of hydrogen-bond acceptors (Lipinski definition) is 5. The molecule has 1 aromatic carbocycles. The van der Waals surface area contributed by atoms with E-state index in [1.807, 2.05) is 24.3 Å². The lowest BCUT2D eigenvalue weighted by Crippen LogP contribution is -2.28. The zero-order valence-corrected chi connectivity index (χ0v) is 13.1. The monoisotopic (exact) mass is 312 g/mol. The molecule has 1 aromatic rings. The average Bonchev–Trinajstić information content (AvgIpc) is 2.46. The van der Waals surface area contributed by atoms with E-state index >= 15 is 0 Å². The van der Waals surface area contributed by atoms with Gasteiger partial charge in [0.1, 0.15) is 5.75 Å². The van der Waals surface area contributed by atoms with Gasteiger partial charge >= 0.3 is 5.97 Å². The maximum atomic E-state index is 12.3. The van der Waals surface area contributed by atoms with Crippen LogP contribution in [0.2, 0.25) is 0 Å². The normalized spacial score (nSPS) is 19.2. The third kappa shape index (κ3) is 3.97. The van der Waals surface area contributed by atoms with Crippen LogP contribution in [0.5, 0.6) is 5.75 Å². The molecule has 2 rings (SSSR count). The molecule has 0 bridgehead atoms. The summed E-state index contributed by atoms with van der Waals surface area (Å²) in [6.07, 6.45) is 0.669. The standard InChI is InChI=1S/C15H20O5S/c1-11(15(16)19-2)9-21(17,18)10-12-7-8-20-14-6-4-3-5-13(12)14/h3-6,11-12H,7-10H2,1-2H3. The van der Waals surface area contributed by atoms with E-state index in [1.165, 1.54) is 7.11 Å². The molecule has 1 heterocycles. The van der Waals surface area contributed by atoms with Crippen molar-refractivity contribution in [1.29, 1.82) is 0 Å². The third-order valence-corrected chi connectivity index (χ3v) is 5.56. The van der Waals surface area contributed by atoms with Crippen LogP contribution in [0.4, 0.5) is 0 Å². The lowest BCUT2D eigenvalue weighted by atomic mass is 9.95. The number of carbonyl (C=O) groups is 1. The van der Waals surface area contributed by atoms with E-state index in [1.54, 1.807) is 6.92 Å². The largest absolute Gasteiger partial charge is 0.493 e. The van der Waals surface area contributed by atoms with Crippen LogP contribution in [0.15, 0.2) is 24.3 Å². The van der Waals surface area contributed by atoms with Crippen LogP contribution in [-0.2, 0) is 19.4 Å². The molecule has 0 saturated carbocycles. The van der Waals surface area contributed by atoms with Crippen LogP contribution in [0, 0.1) is 5.92 Å². The molecule has 1 aliphatic heterocycles. The van der Waals surface area contributed by atoms with Gasteiger partial charge < -0.3 is 9.47 Å². The number of carbonyl (C=O) groups excluding carboxylic acids is 1. The van der Waals surface area contributed by atoms with Crippen molar-refractivity contribution in [1.82, 2.24) is 0 Å². The van der Waals surface area contributed by atoms with E-state index in [9.17, 15) is 13.2 Å². The fourth-order valence-corrected chi connectivity index (χ4v) is 4.61. The van der Waals surface area contributed by atoms with Crippen molar-refractivity contribution in [3.8, 4) is 5.75 Å². The highest BCUT2D eigenvalue weighted by molar-refractivity contribution is 7.91. The molecule has 2 unspecified atom stereocenters. The Kier molecular flexibility index (Phi) is 4.88. The van der Waals surface area contributed by atoms with Gasteiger partial charge in [-0.2, -0.15) is 0 Å². The van der Waals surface area contributed by atoms with Gasteiger partial charge in [-0.05, 0) is 18.1 Å². The van der Waals surface area contributed by atoms with E-state index in [-0.39, 0.29) is 17.4 Å². The number of sulfone groups is 1. The number of rotatable bonds is 5. The summed E-state index contributed by atoms with van der Waals surface area (Å²) in [4.78, 5) is 11.4. The Bertz CT molecular complexity index is 608. The lowest BCUT2D eigenvalue weighted by molar-refractivity contribution is -0.144. The Morgan fingerprint density at radius 2 is 2.14 bits per heavy atom. The highest BCUT2D eigenvalue weighted by atomic mass is 32.2. The minimum atomic E-state index is -3.33. The molecule has 0 saturated heterocycles. The van der Waals surface area contributed by atoms with Crippen LogP contribution in [-0.4, -0.2) is 39.6 Å². The number of fused-ring (bicyclic) bond motifs is 1. The summed E-state index contributed by atoms with van der Waals surface area (Å²) in [6.45, 7) is 2.09. The molecular formula is C15H20O5S. The van der Waals surface area contributed by atoms with Gasteiger partial charge in [0.25, 0.3) is 0 Å². The van der Waals surface area contributed by atoms with Gasteiger partial charge in [0.2, 0.25) is 0 Å². The van der Waals surface area contributed by atoms with E-state index in [0.717, 1.165) is 11.3 Å². The summed E-state index contributed by atoms with van der Waals surface area (Å²) in [5.74, 6) is -0.607. The molecule has 0 aromatic heterocycles. The first kappa shape index (κ1) is 15.8. The molecule has 0 amide bonds. The SMILES string of the molecule is COC(=O)C(C)CS(=O)(=O)CC1CCOc2ccccc21. The van der Waals surface area contributed by atoms with Gasteiger partial charge in [-0.1, -0.05) is 25.1 Å². The Morgan fingerprint density at radius 1 is 1.43 bits per heavy atom. The zero-order chi connectivity index (χ0) is 15.5. The smallest absolute Gasteiger partial charge is 0.309 e. The fourth-order valence-electron chi connectivity index (χ4n) is 2.61. The van der Waals surface area contributed by atoms with E-state index in [0.29, 0.717) is 13.0 Å². The highest BCUT2D eigenvalue weighted by Crippen LogP contribution is 2.34. The topological polar surface area (TPSA) is 69.7 Å². The third-order valence-electron chi connectivity index (χ3n) is 3.65. The van der Waals surface area contributed by atoms with Crippen LogP contribution in [0.25, 0.3) is 0 Å². The minimum Gasteiger partial charge on any atom is -0.493 e. The van der Waals surface area contributed by atoms with E-state index < -0.39 is 21.7 Å². The van der Waals surface area contributed by atoms with E-state index in [4.69, 9.17) is 4.74 Å². The molecule has 1 aliphatic rings. The van der Waals surface area contributed by atoms with Gasteiger partial charge in [0.05, 0.1) is 31.1 Å². The molecule has 0 radical (unpaired) electrons. The maximum Gasteiger partial charge on any atom is 0.309 e. The van der Waals surface area contributed by atoms with Crippen LogP contribution in [0.3, 0.4) is 0 Å². The van der Waals surface area contributed by atoms with Gasteiger partial charge in [-0.25, -0.2) is 8.42 Å². The molecule has 116 valence electrons. The Labute approximate surface area is 125 Å². The van der Waals surface area contributed by atoms with E-state index in [2.05, 4.69) is 4.74 Å². The second-order valence-corrected chi connectivity index (χ2v) is 7.53. The molecule has 0 N–H and O–H groups in total. The maximum absolute atomic E-state index is 12.3. The Balaban J connectivity index is 2.10. The summed E-state index contributed by atoms with van der Waals surface area (Å²) >= 11 is 0. The number of methoxy groups -OCH3 is 1. The van der Waals surface area contributed by atoms with Crippen molar-refractivity contribution in [3.63, 3.8) is 0 Å². The number of benzene rings is 1. The molecule has 2 atom stereocenters. The zero-order valence-electron chi connectivity index (χ0n) is 12.2. The Hall–Kier alpha value is -1.56. The summed E-state index contributed by atoms with van der Waals surface area (Å²) in [7, 11) is -2.07. The first-order valence-corrected chi connectivity index (χ1v) is 8.75. The van der Waals surface area contributed by atoms with Gasteiger partial charge in [-0.3, -0.25) is 4.79 Å². The molecule has 21 heavy (non-hydrogen) atoms. The van der Waals surface area contributed by atoms with Crippen molar-refractivity contribution < 1.29 is 22.7 Å². The van der Waals surface area contributed by atoms with Crippen LogP contribution >= 0.6 is 0 Å². The van der Waals surface area contributed by atoms with Gasteiger partial charge in [0, 0.05) is 5.92 Å². The number of hydrogen-bond donors (Lipinski definition) is 0. The van der Waals surface area contributed by atoms with Gasteiger partial charge in [-0.15, -0.1) is 0 Å². The number of ether oxygens (including phenoxy) is 2. The molecule has 0 aliphatic carbocycles. The summed E-state index contributed by atoms with van der Waals surface area (Å²) in [5, 5.41) is 0. The van der Waals surface area contributed by atoms with Crippen molar-refractivity contribution >= 4 is 15.8 Å². The summed E-state index contributed by atoms with van der Waals surface area (Å²) in [5.41, 5.74) is 0.929. The predicted molar refractivity (Wildman–Crippen MR) is 79.1 cm³/mol. The Morgan fingerprint density at radius 3 is 2.86 bits per heavy atom. The van der Waals surface area contributed by atoms with Crippen molar-refractivity contribution in [3.05, 3.63) is 29.8 Å². The second-order valence-electron chi connectivity index (χ2n) is 5.37. The predicted octanol–water partition coefficient (Wildman–Crippen LogP) is 1.78. The lowest BCUT2D eigenvalue weighted by Gasteiger charge is -2.25. The first-order valence-electron chi connectivity index (χ1n) is 6.93. The second kappa shape index (κ2) is 6.47. The van der Waals surface area contributed by atoms with Gasteiger partial charge in [0.15, 0.2) is 9.84 Å². The molecule has 0 spiro atoms.